The second-order valence-corrected chi connectivity index (χ2v) is 8.94. The van der Waals surface area contributed by atoms with E-state index in [1.54, 1.807) is 11.8 Å². The number of carbonyl (C=O) groups is 1. The van der Waals surface area contributed by atoms with E-state index in [9.17, 15) is 9.90 Å². The molecule has 0 amide bonds. The summed E-state index contributed by atoms with van der Waals surface area (Å²) in [5.41, 5.74) is 5.49. The maximum atomic E-state index is 12.9. The maximum Gasteiger partial charge on any atom is 0.342 e. The van der Waals surface area contributed by atoms with Crippen LogP contribution < -0.4 is 0 Å². The van der Waals surface area contributed by atoms with Crippen molar-refractivity contribution in [3.05, 3.63) is 64.0 Å². The third-order valence-corrected chi connectivity index (χ3v) is 6.58. The van der Waals surface area contributed by atoms with Gasteiger partial charge >= 0.3 is 5.97 Å². The van der Waals surface area contributed by atoms with Gasteiger partial charge in [-0.3, -0.25) is 0 Å². The molecule has 1 N–H and O–H groups in total. The van der Waals surface area contributed by atoms with E-state index in [1.165, 1.54) is 0 Å². The zero-order chi connectivity index (χ0) is 21.1. The Hall–Kier alpha value is -2.27. The first-order chi connectivity index (χ1) is 13.8. The van der Waals surface area contributed by atoms with Gasteiger partial charge in [0, 0.05) is 24.3 Å². The molecule has 2 unspecified atom stereocenters. The van der Waals surface area contributed by atoms with E-state index in [0.29, 0.717) is 12.0 Å². The number of carbonyl (C=O) groups excluding carboxylic acids is 1. The number of nitrogens with zero attached hydrogens (tertiary/aromatic N) is 1. The number of aliphatic hydroxyl groups is 1. The predicted molar refractivity (Wildman–Crippen MR) is 118 cm³/mol. The molecule has 0 aliphatic carbocycles. The number of hydrogen-bond donors (Lipinski definition) is 1. The standard InChI is InChI=1S/C24H29NO3S/c1-6-18-10-15(3)9-16(4)22(18)23-19(26)11-20(28-24(23)27)17(5)13-29-21-8-7-14(2)12-25-21/h7-10,12,17,20,26H,6,11,13H2,1-5H3. The van der Waals surface area contributed by atoms with Crippen molar-refractivity contribution in [2.24, 2.45) is 5.92 Å². The van der Waals surface area contributed by atoms with Crippen LogP contribution in [0.2, 0.25) is 0 Å². The lowest BCUT2D eigenvalue weighted by Crippen LogP contribution is -2.32. The Balaban J connectivity index is 1.77. The molecule has 0 fully saturated rings. The van der Waals surface area contributed by atoms with Crippen LogP contribution >= 0.6 is 11.8 Å². The zero-order valence-corrected chi connectivity index (χ0v) is 18.6. The normalized spacial score (nSPS) is 18.0. The number of rotatable bonds is 6. The van der Waals surface area contributed by atoms with Crippen LogP contribution in [0, 0.1) is 26.7 Å². The third-order valence-electron chi connectivity index (χ3n) is 5.35. The molecule has 1 aliphatic heterocycles. The van der Waals surface area contributed by atoms with Gasteiger partial charge in [-0.1, -0.05) is 37.6 Å². The summed E-state index contributed by atoms with van der Waals surface area (Å²) in [6.45, 7) is 10.1. The maximum absolute atomic E-state index is 12.9. The molecule has 1 aromatic heterocycles. The smallest absolute Gasteiger partial charge is 0.342 e. The number of esters is 1. The molecule has 1 aromatic carbocycles. The number of aryl methyl sites for hydroxylation is 4. The number of hydrogen-bond acceptors (Lipinski definition) is 5. The molecule has 154 valence electrons. The van der Waals surface area contributed by atoms with Crippen LogP contribution in [0.3, 0.4) is 0 Å². The van der Waals surface area contributed by atoms with Crippen LogP contribution in [0.5, 0.6) is 0 Å². The molecule has 0 spiro atoms. The van der Waals surface area contributed by atoms with Gasteiger partial charge in [-0.15, -0.1) is 11.8 Å². The Kier molecular flexibility index (Phi) is 6.68. The van der Waals surface area contributed by atoms with Gasteiger partial charge in [-0.25, -0.2) is 9.78 Å². The summed E-state index contributed by atoms with van der Waals surface area (Å²) in [7, 11) is 0. The van der Waals surface area contributed by atoms with E-state index in [0.717, 1.165) is 45.0 Å². The van der Waals surface area contributed by atoms with Gasteiger partial charge in [0.1, 0.15) is 17.4 Å². The molecule has 0 bridgehead atoms. The van der Waals surface area contributed by atoms with Gasteiger partial charge in [-0.05, 0) is 55.5 Å². The molecule has 2 aromatic rings. The van der Waals surface area contributed by atoms with Gasteiger partial charge in [0.2, 0.25) is 0 Å². The number of aliphatic hydroxyl groups excluding tert-OH is 1. The van der Waals surface area contributed by atoms with Crippen LogP contribution in [0.25, 0.3) is 5.57 Å². The monoisotopic (exact) mass is 411 g/mol. The molecule has 4 nitrogen and oxygen atoms in total. The minimum Gasteiger partial charge on any atom is -0.511 e. The Labute approximate surface area is 177 Å². The summed E-state index contributed by atoms with van der Waals surface area (Å²) in [6, 6.07) is 8.16. The minimum atomic E-state index is -0.425. The van der Waals surface area contributed by atoms with E-state index in [1.807, 2.05) is 52.1 Å². The average molecular weight is 412 g/mol. The number of aromatic nitrogens is 1. The van der Waals surface area contributed by atoms with E-state index in [2.05, 4.69) is 18.0 Å². The van der Waals surface area contributed by atoms with Crippen molar-refractivity contribution in [2.45, 2.75) is 58.6 Å². The number of thioether (sulfide) groups is 1. The molecule has 29 heavy (non-hydrogen) atoms. The first kappa shape index (κ1) is 21.4. The highest BCUT2D eigenvalue weighted by Crippen LogP contribution is 2.35. The van der Waals surface area contributed by atoms with Gasteiger partial charge in [0.05, 0.1) is 5.03 Å². The van der Waals surface area contributed by atoms with Crippen LogP contribution in [0.1, 0.15) is 48.1 Å². The van der Waals surface area contributed by atoms with E-state index < -0.39 is 5.97 Å². The molecule has 2 atom stereocenters. The second kappa shape index (κ2) is 9.04. The number of pyridine rings is 1. The van der Waals surface area contributed by atoms with Crippen molar-refractivity contribution in [2.75, 3.05) is 5.75 Å². The predicted octanol–water partition coefficient (Wildman–Crippen LogP) is 5.58. The quantitative estimate of drug-likeness (QED) is 0.496. The van der Waals surface area contributed by atoms with E-state index >= 15 is 0 Å². The highest BCUT2D eigenvalue weighted by Gasteiger charge is 2.34. The minimum absolute atomic E-state index is 0.0977. The van der Waals surface area contributed by atoms with E-state index in [4.69, 9.17) is 4.74 Å². The van der Waals surface area contributed by atoms with Crippen molar-refractivity contribution in [3.8, 4) is 0 Å². The van der Waals surface area contributed by atoms with Crippen molar-refractivity contribution >= 4 is 23.3 Å². The van der Waals surface area contributed by atoms with Crippen molar-refractivity contribution in [1.82, 2.24) is 4.98 Å². The fraction of sp³-hybridized carbons (Fsp3) is 0.417. The summed E-state index contributed by atoms with van der Waals surface area (Å²) in [6.07, 6.45) is 2.66. The molecule has 1 aliphatic rings. The van der Waals surface area contributed by atoms with Crippen LogP contribution in [-0.4, -0.2) is 27.9 Å². The Morgan fingerprint density at radius 3 is 2.62 bits per heavy atom. The van der Waals surface area contributed by atoms with Crippen molar-refractivity contribution in [1.29, 1.82) is 0 Å². The lowest BCUT2D eigenvalue weighted by molar-refractivity contribution is -0.145. The number of benzene rings is 1. The molecule has 0 radical (unpaired) electrons. The number of cyclic esters (lactones) is 1. The largest absolute Gasteiger partial charge is 0.511 e. The van der Waals surface area contributed by atoms with E-state index in [-0.39, 0.29) is 17.8 Å². The highest BCUT2D eigenvalue weighted by molar-refractivity contribution is 7.99. The zero-order valence-electron chi connectivity index (χ0n) is 17.8. The third kappa shape index (κ3) is 4.84. The lowest BCUT2D eigenvalue weighted by atomic mass is 9.88. The second-order valence-electron chi connectivity index (χ2n) is 7.90. The van der Waals surface area contributed by atoms with Crippen LogP contribution in [0.4, 0.5) is 0 Å². The Morgan fingerprint density at radius 1 is 1.24 bits per heavy atom. The molecule has 0 saturated carbocycles. The SMILES string of the molecule is CCc1cc(C)cc(C)c1C1=C(O)CC(C(C)CSc2ccc(C)cn2)OC1=O. The van der Waals surface area contributed by atoms with Crippen LogP contribution in [0.15, 0.2) is 41.2 Å². The van der Waals surface area contributed by atoms with Gasteiger partial charge < -0.3 is 9.84 Å². The molecule has 0 saturated heterocycles. The first-order valence-electron chi connectivity index (χ1n) is 10.1. The van der Waals surface area contributed by atoms with Crippen molar-refractivity contribution < 1.29 is 14.6 Å². The average Bonchev–Trinajstić information content (AvgIpc) is 2.67. The molecule has 3 rings (SSSR count). The highest BCUT2D eigenvalue weighted by atomic mass is 32.2. The van der Waals surface area contributed by atoms with Gasteiger partial charge in [0.25, 0.3) is 0 Å². The summed E-state index contributed by atoms with van der Waals surface area (Å²) >= 11 is 1.64. The van der Waals surface area contributed by atoms with Crippen molar-refractivity contribution in [3.63, 3.8) is 0 Å². The summed E-state index contributed by atoms with van der Waals surface area (Å²) in [5, 5.41) is 11.8. The summed E-state index contributed by atoms with van der Waals surface area (Å²) in [4.78, 5) is 17.3. The molecular weight excluding hydrogens is 382 g/mol. The topological polar surface area (TPSA) is 59.4 Å². The number of ether oxygens (including phenoxy) is 1. The Morgan fingerprint density at radius 2 is 2.00 bits per heavy atom. The Bertz CT molecular complexity index is 934. The lowest BCUT2D eigenvalue weighted by Gasteiger charge is -2.30. The van der Waals surface area contributed by atoms with Gasteiger partial charge in [0.15, 0.2) is 0 Å². The summed E-state index contributed by atoms with van der Waals surface area (Å²) in [5.74, 6) is 0.574. The summed E-state index contributed by atoms with van der Waals surface area (Å²) < 4.78 is 5.79. The van der Waals surface area contributed by atoms with Crippen LogP contribution in [-0.2, 0) is 16.0 Å². The fourth-order valence-electron chi connectivity index (χ4n) is 3.77. The van der Waals surface area contributed by atoms with Gasteiger partial charge in [-0.2, -0.15) is 0 Å². The fourth-order valence-corrected chi connectivity index (χ4v) is 4.71. The molecule has 5 heteroatoms. The molecular formula is C24H29NO3S. The first-order valence-corrected chi connectivity index (χ1v) is 11.1. The molecule has 2 heterocycles.